The van der Waals surface area contributed by atoms with E-state index in [1.165, 1.54) is 0 Å². The molecule has 0 radical (unpaired) electrons. The number of para-hydroxylation sites is 2. The number of fused-ring (bicyclic) bond motifs is 6. The predicted octanol–water partition coefficient (Wildman–Crippen LogP) is 3.05. The second-order valence-corrected chi connectivity index (χ2v) is 7.45. The van der Waals surface area contributed by atoms with E-state index in [2.05, 4.69) is 26.1 Å². The van der Waals surface area contributed by atoms with Crippen LogP contribution < -0.4 is 5.32 Å². The van der Waals surface area contributed by atoms with Gasteiger partial charge in [-0.25, -0.2) is 9.97 Å². The molecule has 4 rings (SSSR count). The van der Waals surface area contributed by atoms with Crippen molar-refractivity contribution in [2.45, 2.75) is 51.5 Å². The molecule has 1 N–H and O–H groups in total. The van der Waals surface area contributed by atoms with Gasteiger partial charge in [-0.05, 0) is 25.0 Å². The first kappa shape index (κ1) is 13.7. The van der Waals surface area contributed by atoms with E-state index in [1.807, 2.05) is 24.3 Å². The number of benzene rings is 1. The fourth-order valence-corrected chi connectivity index (χ4v) is 4.62. The summed E-state index contributed by atoms with van der Waals surface area (Å²) in [5, 5.41) is 3.24. The summed E-state index contributed by atoms with van der Waals surface area (Å²) in [6.07, 6.45) is 1.95. The number of aromatic nitrogens is 2. The molecule has 1 amide bonds. The van der Waals surface area contributed by atoms with Crippen LogP contribution in [0.3, 0.4) is 0 Å². The minimum Gasteiger partial charge on any atom is -0.345 e. The van der Waals surface area contributed by atoms with Gasteiger partial charge in [-0.3, -0.25) is 4.79 Å². The van der Waals surface area contributed by atoms with Crippen LogP contribution in [0, 0.1) is 5.41 Å². The highest BCUT2D eigenvalue weighted by molar-refractivity contribution is 5.78. The molecule has 4 nitrogen and oxygen atoms in total. The van der Waals surface area contributed by atoms with Crippen molar-refractivity contribution in [1.29, 1.82) is 0 Å². The van der Waals surface area contributed by atoms with Crippen LogP contribution in [-0.2, 0) is 15.7 Å². The number of nitrogens with zero attached hydrogens (tertiary/aromatic N) is 2. The number of carbonyl (C=O) groups is 1. The van der Waals surface area contributed by atoms with Crippen molar-refractivity contribution in [1.82, 2.24) is 15.3 Å². The van der Waals surface area contributed by atoms with Crippen LogP contribution in [0.15, 0.2) is 24.3 Å². The summed E-state index contributed by atoms with van der Waals surface area (Å²) in [4.78, 5) is 21.8. The zero-order valence-corrected chi connectivity index (χ0v) is 13.5. The van der Waals surface area contributed by atoms with Gasteiger partial charge in [0, 0.05) is 17.8 Å². The molecule has 1 saturated carbocycles. The topological polar surface area (TPSA) is 54.9 Å². The lowest BCUT2D eigenvalue weighted by atomic mass is 9.67. The predicted molar refractivity (Wildman–Crippen MR) is 85.4 cm³/mol. The van der Waals surface area contributed by atoms with Crippen molar-refractivity contribution in [2.24, 2.45) is 5.41 Å². The highest BCUT2D eigenvalue weighted by atomic mass is 16.1. The van der Waals surface area contributed by atoms with Gasteiger partial charge in [0.15, 0.2) is 0 Å². The lowest BCUT2D eigenvalue weighted by molar-refractivity contribution is -0.122. The Morgan fingerprint density at radius 1 is 1.05 bits per heavy atom. The third-order valence-corrected chi connectivity index (χ3v) is 6.33. The van der Waals surface area contributed by atoms with Crippen molar-refractivity contribution < 1.29 is 4.79 Å². The average molecular weight is 295 g/mol. The number of carbonyl (C=O) groups excluding carboxylic acids is 1. The van der Waals surface area contributed by atoms with E-state index in [0.29, 0.717) is 0 Å². The lowest BCUT2D eigenvalue weighted by Crippen LogP contribution is -2.52. The molecule has 2 aliphatic carbocycles. The monoisotopic (exact) mass is 295 g/mol. The number of hydrogen-bond acceptors (Lipinski definition) is 3. The largest absolute Gasteiger partial charge is 0.345 e. The lowest BCUT2D eigenvalue weighted by Gasteiger charge is -2.41. The third kappa shape index (κ3) is 1.32. The fourth-order valence-electron chi connectivity index (χ4n) is 4.62. The molecule has 1 fully saturated rings. The summed E-state index contributed by atoms with van der Waals surface area (Å²) in [6, 6.07) is 7.98. The zero-order valence-electron chi connectivity index (χ0n) is 13.5. The van der Waals surface area contributed by atoms with Crippen molar-refractivity contribution in [3.63, 3.8) is 0 Å². The summed E-state index contributed by atoms with van der Waals surface area (Å²) in [7, 11) is 0. The molecule has 4 heteroatoms. The quantitative estimate of drug-likeness (QED) is 0.879. The molecule has 22 heavy (non-hydrogen) atoms. The van der Waals surface area contributed by atoms with E-state index < -0.39 is 5.54 Å². The van der Waals surface area contributed by atoms with E-state index in [9.17, 15) is 4.79 Å². The molecule has 2 bridgehead atoms. The Kier molecular flexibility index (Phi) is 2.40. The van der Waals surface area contributed by atoms with Crippen LogP contribution >= 0.6 is 0 Å². The first-order valence-corrected chi connectivity index (χ1v) is 7.88. The molecule has 0 spiro atoms. The number of rotatable bonds is 1. The number of amides is 1. The molecule has 0 saturated heterocycles. The Bertz CT molecular complexity index is 813. The maximum Gasteiger partial charge on any atom is 0.217 e. The van der Waals surface area contributed by atoms with Gasteiger partial charge in [-0.2, -0.15) is 0 Å². The average Bonchev–Trinajstić information content (AvgIpc) is 2.74. The molecule has 2 atom stereocenters. The van der Waals surface area contributed by atoms with Crippen LogP contribution in [0.2, 0.25) is 0 Å². The van der Waals surface area contributed by atoms with Crippen LogP contribution in [0.5, 0.6) is 0 Å². The van der Waals surface area contributed by atoms with Crippen LogP contribution in [-0.4, -0.2) is 15.9 Å². The molecule has 1 aromatic carbocycles. The van der Waals surface area contributed by atoms with Crippen LogP contribution in [0.4, 0.5) is 0 Å². The number of hydrogen-bond donors (Lipinski definition) is 1. The molecule has 1 heterocycles. The van der Waals surface area contributed by atoms with E-state index >= 15 is 0 Å². The van der Waals surface area contributed by atoms with E-state index in [-0.39, 0.29) is 16.7 Å². The Labute approximate surface area is 130 Å². The number of nitrogens with one attached hydrogen (secondary N) is 1. The van der Waals surface area contributed by atoms with Gasteiger partial charge in [0.1, 0.15) is 0 Å². The molecule has 0 unspecified atom stereocenters. The highest BCUT2D eigenvalue weighted by Crippen LogP contribution is 2.68. The summed E-state index contributed by atoms with van der Waals surface area (Å²) in [5.41, 5.74) is 3.31. The Balaban J connectivity index is 2.07. The van der Waals surface area contributed by atoms with Gasteiger partial charge in [-0.1, -0.05) is 32.9 Å². The first-order chi connectivity index (χ1) is 10.3. The molecule has 2 aliphatic rings. The molecule has 2 aromatic rings. The van der Waals surface area contributed by atoms with E-state index in [4.69, 9.17) is 9.97 Å². The first-order valence-electron chi connectivity index (χ1n) is 7.88. The van der Waals surface area contributed by atoms with Crippen molar-refractivity contribution in [2.75, 3.05) is 0 Å². The van der Waals surface area contributed by atoms with Gasteiger partial charge in [0.2, 0.25) is 5.91 Å². The maximum atomic E-state index is 11.9. The zero-order chi connectivity index (χ0) is 15.8. The fraction of sp³-hybridized carbons (Fsp3) is 0.500. The van der Waals surface area contributed by atoms with Gasteiger partial charge < -0.3 is 5.32 Å². The van der Waals surface area contributed by atoms with Crippen molar-refractivity contribution in [3.05, 3.63) is 35.7 Å². The maximum absolute atomic E-state index is 11.9. The Morgan fingerprint density at radius 3 is 2.23 bits per heavy atom. The van der Waals surface area contributed by atoms with Crippen molar-refractivity contribution in [3.8, 4) is 0 Å². The van der Waals surface area contributed by atoms with Gasteiger partial charge in [0.05, 0.1) is 28.0 Å². The molecule has 0 aliphatic heterocycles. The summed E-state index contributed by atoms with van der Waals surface area (Å²) >= 11 is 0. The molecular formula is C18H21N3O. The minimum absolute atomic E-state index is 0.000124. The van der Waals surface area contributed by atoms with E-state index in [0.717, 1.165) is 35.3 Å². The molecular weight excluding hydrogens is 274 g/mol. The van der Waals surface area contributed by atoms with Crippen LogP contribution in [0.25, 0.3) is 11.0 Å². The Morgan fingerprint density at radius 2 is 1.64 bits per heavy atom. The molecule has 114 valence electrons. The van der Waals surface area contributed by atoms with Gasteiger partial charge in [-0.15, -0.1) is 0 Å². The molecule has 1 aromatic heterocycles. The van der Waals surface area contributed by atoms with Crippen LogP contribution in [0.1, 0.15) is 51.9 Å². The summed E-state index contributed by atoms with van der Waals surface area (Å²) in [5.74, 6) is 0.000124. The highest BCUT2D eigenvalue weighted by Gasteiger charge is 2.70. The van der Waals surface area contributed by atoms with E-state index in [1.54, 1.807) is 6.92 Å². The second kappa shape index (κ2) is 3.86. The third-order valence-electron chi connectivity index (χ3n) is 6.33. The summed E-state index contributed by atoms with van der Waals surface area (Å²) < 4.78 is 0. The normalized spacial score (nSPS) is 31.3. The minimum atomic E-state index is -0.403. The standard InChI is InChI=1S/C18H21N3O/c1-11(22)21-18-10-9-17(4,16(18,2)3)14-15(18)20-13-8-6-5-7-12(13)19-14/h5-8H,9-10H2,1-4H3,(H,21,22)/t17-,18-/m1/s1. The summed E-state index contributed by atoms with van der Waals surface area (Å²) in [6.45, 7) is 8.34. The van der Waals surface area contributed by atoms with Gasteiger partial charge >= 0.3 is 0 Å². The second-order valence-electron chi connectivity index (χ2n) is 7.45. The SMILES string of the molecule is CC(=O)N[C@]12CC[C@](C)(c3nc4ccccc4nc31)C2(C)C. The van der Waals surface area contributed by atoms with Crippen molar-refractivity contribution >= 4 is 16.9 Å². The Hall–Kier alpha value is -1.97. The smallest absolute Gasteiger partial charge is 0.217 e. The van der Waals surface area contributed by atoms with Gasteiger partial charge in [0.25, 0.3) is 0 Å².